The third-order valence-corrected chi connectivity index (χ3v) is 2.46. The van der Waals surface area contributed by atoms with Crippen LogP contribution in [0, 0.1) is 0 Å². The van der Waals surface area contributed by atoms with Crippen molar-refractivity contribution >= 4 is 39.9 Å². The van der Waals surface area contributed by atoms with E-state index in [-0.39, 0.29) is 4.88 Å². The number of carbonyl (C=O) groups is 1. The van der Waals surface area contributed by atoms with E-state index in [0.717, 1.165) is 11.3 Å². The first-order valence-corrected chi connectivity index (χ1v) is 5.00. The highest BCUT2D eigenvalue weighted by Crippen LogP contribution is 2.21. The fraction of sp³-hybridized carbons (Fsp3) is 0. The second-order valence-electron chi connectivity index (χ2n) is 1.71. The predicted molar refractivity (Wildman–Crippen MR) is 45.1 cm³/mol. The monoisotopic (exact) mass is 226 g/mol. The van der Waals surface area contributed by atoms with Crippen LogP contribution in [0.2, 0.25) is 4.34 Å². The van der Waals surface area contributed by atoms with Gasteiger partial charge in [0.15, 0.2) is 0 Å². The van der Waals surface area contributed by atoms with Crippen molar-refractivity contribution in [1.82, 2.24) is 0 Å². The summed E-state index contributed by atoms with van der Waals surface area (Å²) >= 11 is 6.46. The topological polar surface area (TPSA) is 60.4 Å². The molecule has 0 aromatic carbocycles. The van der Waals surface area contributed by atoms with Crippen molar-refractivity contribution in [3.8, 4) is 0 Å². The Hall–Kier alpha value is -0.590. The molecule has 0 bridgehead atoms. The Balaban J connectivity index is 2.78. The largest absolute Gasteiger partial charge is 0.363 e. The first-order chi connectivity index (χ1) is 5.59. The zero-order valence-electron chi connectivity index (χ0n) is 5.52. The molecule has 0 N–H and O–H groups in total. The van der Waals surface area contributed by atoms with Crippen LogP contribution in [-0.2, 0) is 15.2 Å². The molecule has 1 heterocycles. The van der Waals surface area contributed by atoms with E-state index in [1.54, 1.807) is 0 Å². The summed E-state index contributed by atoms with van der Waals surface area (Å²) in [5, 5.41) is 0. The second-order valence-corrected chi connectivity index (χ2v) is 4.05. The van der Waals surface area contributed by atoms with E-state index in [2.05, 4.69) is 4.18 Å². The fourth-order valence-corrected chi connectivity index (χ4v) is 1.75. The van der Waals surface area contributed by atoms with Gasteiger partial charge in [-0.3, -0.25) is 0 Å². The van der Waals surface area contributed by atoms with Crippen LogP contribution in [0.3, 0.4) is 0 Å². The molecule has 1 aromatic heterocycles. The van der Waals surface area contributed by atoms with Gasteiger partial charge in [0.05, 0.1) is 4.34 Å². The van der Waals surface area contributed by atoms with Gasteiger partial charge in [-0.25, -0.2) is 4.79 Å². The molecular weight excluding hydrogens is 224 g/mol. The van der Waals surface area contributed by atoms with Crippen LogP contribution in [0.25, 0.3) is 0 Å². The molecule has 0 atom stereocenters. The summed E-state index contributed by atoms with van der Waals surface area (Å²) in [6.07, 6.45) is 0. The van der Waals surface area contributed by atoms with Crippen molar-refractivity contribution in [3.63, 3.8) is 0 Å². The highest BCUT2D eigenvalue weighted by atomic mass is 35.5. The molecule has 0 aliphatic rings. The Kier molecular flexibility index (Phi) is 3.07. The summed E-state index contributed by atoms with van der Waals surface area (Å²) in [6, 6.07) is 2.88. The van der Waals surface area contributed by atoms with Crippen molar-refractivity contribution in [1.29, 1.82) is 0 Å². The third kappa shape index (κ3) is 2.47. The van der Waals surface area contributed by atoms with Crippen LogP contribution in [0.5, 0.6) is 0 Å². The van der Waals surface area contributed by atoms with Gasteiger partial charge in [-0.1, -0.05) is 11.6 Å². The SMILES string of the molecule is O=C(O[SH](=O)=O)c1ccc(Cl)s1. The van der Waals surface area contributed by atoms with Crippen molar-refractivity contribution < 1.29 is 17.4 Å². The number of hydrogen-bond donors (Lipinski definition) is 1. The molecule has 0 saturated heterocycles. The lowest BCUT2D eigenvalue weighted by molar-refractivity contribution is 0.0759. The molecule has 0 fully saturated rings. The quantitative estimate of drug-likeness (QED) is 0.767. The molecular formula is C5H3ClO4S2. The van der Waals surface area contributed by atoms with E-state index in [1.807, 2.05) is 0 Å². The van der Waals surface area contributed by atoms with Crippen LogP contribution < -0.4 is 0 Å². The Morgan fingerprint density at radius 1 is 1.50 bits per heavy atom. The number of thiophene rings is 1. The molecule has 7 heteroatoms. The van der Waals surface area contributed by atoms with Crippen LogP contribution in [0.1, 0.15) is 9.67 Å². The third-order valence-electron chi connectivity index (χ3n) is 0.932. The molecule has 0 aliphatic heterocycles. The molecule has 0 amide bonds. The van der Waals surface area contributed by atoms with Gasteiger partial charge in [-0.05, 0) is 12.1 Å². The van der Waals surface area contributed by atoms with Crippen LogP contribution >= 0.6 is 22.9 Å². The molecule has 0 radical (unpaired) electrons. The van der Waals surface area contributed by atoms with Gasteiger partial charge in [0.2, 0.25) is 0 Å². The van der Waals surface area contributed by atoms with Gasteiger partial charge in [0.25, 0.3) is 0 Å². The molecule has 4 nitrogen and oxygen atoms in total. The van der Waals surface area contributed by atoms with Gasteiger partial charge in [-0.15, -0.1) is 11.3 Å². The summed E-state index contributed by atoms with van der Waals surface area (Å²) in [5.41, 5.74) is 0. The van der Waals surface area contributed by atoms with E-state index in [9.17, 15) is 13.2 Å². The summed E-state index contributed by atoms with van der Waals surface area (Å²) < 4.78 is 24.2. The molecule has 1 rings (SSSR count). The molecule has 1 aromatic rings. The number of halogens is 1. The Morgan fingerprint density at radius 2 is 2.17 bits per heavy atom. The summed E-state index contributed by atoms with van der Waals surface area (Å²) in [4.78, 5) is 11.0. The minimum atomic E-state index is -3.14. The summed E-state index contributed by atoms with van der Waals surface area (Å²) in [7, 11) is -3.14. The fourth-order valence-electron chi connectivity index (χ4n) is 0.537. The Bertz CT molecular complexity index is 359. The van der Waals surface area contributed by atoms with Crippen molar-refractivity contribution in [2.24, 2.45) is 0 Å². The van der Waals surface area contributed by atoms with Gasteiger partial charge in [-0.2, -0.15) is 8.42 Å². The van der Waals surface area contributed by atoms with Gasteiger partial charge in [0.1, 0.15) is 4.88 Å². The van der Waals surface area contributed by atoms with Crippen LogP contribution in [0.15, 0.2) is 12.1 Å². The lowest BCUT2D eigenvalue weighted by Crippen LogP contribution is -2.00. The molecule has 0 unspecified atom stereocenters. The molecule has 0 saturated carbocycles. The van der Waals surface area contributed by atoms with E-state index in [1.165, 1.54) is 12.1 Å². The zero-order chi connectivity index (χ0) is 9.14. The highest BCUT2D eigenvalue weighted by Gasteiger charge is 2.10. The van der Waals surface area contributed by atoms with Gasteiger partial charge >= 0.3 is 17.0 Å². The maximum Gasteiger partial charge on any atom is 0.363 e. The molecule has 66 valence electrons. The zero-order valence-corrected chi connectivity index (χ0v) is 7.99. The lowest BCUT2D eigenvalue weighted by Gasteiger charge is -1.89. The maximum absolute atomic E-state index is 10.8. The maximum atomic E-state index is 10.8. The number of carbonyl (C=O) groups excluding carboxylic acids is 1. The number of hydrogen-bond acceptors (Lipinski definition) is 5. The van der Waals surface area contributed by atoms with Gasteiger partial charge in [0, 0.05) is 0 Å². The van der Waals surface area contributed by atoms with E-state index < -0.39 is 17.0 Å². The van der Waals surface area contributed by atoms with Crippen molar-refractivity contribution in [2.45, 2.75) is 0 Å². The van der Waals surface area contributed by atoms with Gasteiger partial charge < -0.3 is 4.18 Å². The minimum absolute atomic E-state index is 0.166. The smallest absolute Gasteiger partial charge is 0.342 e. The standard InChI is InChI=1S/C5H3ClO4S2/c6-4-2-1-3(11-4)5(7)10-12(8)9/h1-2,12H. The normalized spacial score (nSPS) is 10.2. The average Bonchev–Trinajstić information content (AvgIpc) is 2.34. The first kappa shape index (κ1) is 9.50. The molecule has 0 aliphatic carbocycles. The first-order valence-electron chi connectivity index (χ1n) is 2.71. The average molecular weight is 227 g/mol. The van der Waals surface area contributed by atoms with Crippen molar-refractivity contribution in [2.75, 3.05) is 0 Å². The van der Waals surface area contributed by atoms with Crippen LogP contribution in [0.4, 0.5) is 0 Å². The lowest BCUT2D eigenvalue weighted by atomic mass is 10.5. The van der Waals surface area contributed by atoms with Crippen molar-refractivity contribution in [3.05, 3.63) is 21.3 Å². The highest BCUT2D eigenvalue weighted by molar-refractivity contribution is 7.67. The predicted octanol–water partition coefficient (Wildman–Crippen LogP) is 1.08. The van der Waals surface area contributed by atoms with E-state index >= 15 is 0 Å². The Morgan fingerprint density at radius 3 is 2.58 bits per heavy atom. The molecule has 0 spiro atoms. The Labute approximate surface area is 78.9 Å². The van der Waals surface area contributed by atoms with E-state index in [4.69, 9.17) is 11.6 Å². The number of rotatable bonds is 2. The summed E-state index contributed by atoms with van der Waals surface area (Å²) in [6.45, 7) is 0. The summed E-state index contributed by atoms with van der Waals surface area (Å²) in [5.74, 6) is -0.900. The molecule has 12 heavy (non-hydrogen) atoms. The van der Waals surface area contributed by atoms with E-state index in [0.29, 0.717) is 4.34 Å². The number of thiol groups is 1. The van der Waals surface area contributed by atoms with Crippen LogP contribution in [-0.4, -0.2) is 14.4 Å². The second kappa shape index (κ2) is 3.88. The minimum Gasteiger partial charge on any atom is -0.342 e.